The number of nitrogens with zero attached hydrogens (tertiary/aromatic N) is 3. The molecule has 0 saturated heterocycles. The van der Waals surface area contributed by atoms with Crippen LogP contribution in [0.4, 0.5) is 4.79 Å². The summed E-state index contributed by atoms with van der Waals surface area (Å²) in [5.41, 5.74) is 0. The molecule has 124 valence electrons. The van der Waals surface area contributed by atoms with Crippen LogP contribution in [-0.4, -0.2) is 78.1 Å². The Labute approximate surface area is 128 Å². The van der Waals surface area contributed by atoms with E-state index in [1.165, 1.54) is 0 Å². The van der Waals surface area contributed by atoms with Crippen LogP contribution in [-0.2, 0) is 4.79 Å². The molecule has 0 rings (SSSR count). The monoisotopic (exact) mass is 301 g/mol. The lowest BCUT2D eigenvalue weighted by atomic mass is 10.2. The van der Waals surface area contributed by atoms with Crippen molar-refractivity contribution in [3.8, 4) is 0 Å². The lowest BCUT2D eigenvalue weighted by molar-refractivity contribution is -0.138. The molecule has 6 nitrogen and oxygen atoms in total. The summed E-state index contributed by atoms with van der Waals surface area (Å²) in [6.45, 7) is 10.5. The van der Waals surface area contributed by atoms with Gasteiger partial charge in [0.05, 0.1) is 6.42 Å². The van der Waals surface area contributed by atoms with Crippen LogP contribution in [0.2, 0.25) is 0 Å². The van der Waals surface area contributed by atoms with Crippen molar-refractivity contribution < 1.29 is 14.7 Å². The highest BCUT2D eigenvalue weighted by atomic mass is 16.4. The van der Waals surface area contributed by atoms with Crippen molar-refractivity contribution >= 4 is 12.0 Å². The Balaban J connectivity index is 4.89. The van der Waals surface area contributed by atoms with Gasteiger partial charge in [-0.05, 0) is 33.9 Å². The summed E-state index contributed by atoms with van der Waals surface area (Å²) in [5.74, 6) is -0.498. The fraction of sp³-hybridized carbons (Fsp3) is 0.867. The fourth-order valence-electron chi connectivity index (χ4n) is 2.21. The van der Waals surface area contributed by atoms with Crippen molar-refractivity contribution in [3.63, 3.8) is 0 Å². The van der Waals surface area contributed by atoms with Gasteiger partial charge in [-0.1, -0.05) is 13.8 Å². The molecule has 0 radical (unpaired) electrons. The van der Waals surface area contributed by atoms with Gasteiger partial charge in [-0.2, -0.15) is 0 Å². The van der Waals surface area contributed by atoms with Crippen molar-refractivity contribution in [2.45, 2.75) is 40.2 Å². The second-order valence-electron chi connectivity index (χ2n) is 6.16. The highest BCUT2D eigenvalue weighted by Crippen LogP contribution is 2.10. The Hall–Kier alpha value is -1.30. The van der Waals surface area contributed by atoms with E-state index in [9.17, 15) is 9.59 Å². The van der Waals surface area contributed by atoms with Crippen LogP contribution >= 0.6 is 0 Å². The average Bonchev–Trinajstić information content (AvgIpc) is 2.33. The Morgan fingerprint density at radius 3 is 2.05 bits per heavy atom. The van der Waals surface area contributed by atoms with E-state index in [1.807, 2.05) is 30.8 Å². The number of aliphatic carboxylic acids is 1. The number of amides is 2. The van der Waals surface area contributed by atoms with Gasteiger partial charge in [-0.15, -0.1) is 0 Å². The summed E-state index contributed by atoms with van der Waals surface area (Å²) < 4.78 is 0. The molecular formula is C15H31N3O3. The number of carboxylic acids is 1. The zero-order valence-corrected chi connectivity index (χ0v) is 14.3. The Morgan fingerprint density at radius 1 is 1.10 bits per heavy atom. The molecule has 0 aromatic carbocycles. The molecule has 1 N–H and O–H groups in total. The Bertz CT molecular complexity index is 332. The molecule has 0 fully saturated rings. The van der Waals surface area contributed by atoms with Crippen LogP contribution in [0, 0.1) is 5.92 Å². The van der Waals surface area contributed by atoms with Crippen molar-refractivity contribution in [2.75, 3.05) is 40.3 Å². The summed E-state index contributed by atoms with van der Waals surface area (Å²) in [6.07, 6.45) is -0.0250. The van der Waals surface area contributed by atoms with Gasteiger partial charge in [0, 0.05) is 32.2 Å². The van der Waals surface area contributed by atoms with Gasteiger partial charge in [0.2, 0.25) is 0 Å². The SMILES string of the molecule is CCN(C(=O)N(CCN(C)C)CC(C)C)C(C)CC(=O)O. The number of likely N-dealkylation sites (N-methyl/N-ethyl adjacent to an activating group) is 1. The molecule has 0 aliphatic rings. The van der Waals surface area contributed by atoms with Crippen LogP contribution < -0.4 is 0 Å². The van der Waals surface area contributed by atoms with Crippen LogP contribution in [0.25, 0.3) is 0 Å². The first-order chi connectivity index (χ1) is 9.68. The van der Waals surface area contributed by atoms with Crippen molar-refractivity contribution in [1.29, 1.82) is 0 Å². The highest BCUT2D eigenvalue weighted by molar-refractivity contribution is 5.76. The molecule has 0 heterocycles. The summed E-state index contributed by atoms with van der Waals surface area (Å²) in [6, 6.07) is -0.365. The fourth-order valence-corrected chi connectivity index (χ4v) is 2.21. The Morgan fingerprint density at radius 2 is 1.67 bits per heavy atom. The Kier molecular flexibility index (Phi) is 9.01. The third-order valence-corrected chi connectivity index (χ3v) is 3.26. The molecule has 21 heavy (non-hydrogen) atoms. The number of rotatable bonds is 9. The summed E-state index contributed by atoms with van der Waals surface area (Å²) in [7, 11) is 3.95. The van der Waals surface area contributed by atoms with Crippen molar-refractivity contribution in [3.05, 3.63) is 0 Å². The molecule has 0 aromatic heterocycles. The van der Waals surface area contributed by atoms with Crippen LogP contribution in [0.1, 0.15) is 34.1 Å². The van der Waals surface area contributed by atoms with E-state index < -0.39 is 5.97 Å². The number of carbonyl (C=O) groups is 2. The molecule has 6 heteroatoms. The zero-order chi connectivity index (χ0) is 16.6. The molecule has 1 unspecified atom stereocenters. The third-order valence-electron chi connectivity index (χ3n) is 3.26. The van der Waals surface area contributed by atoms with Crippen molar-refractivity contribution in [1.82, 2.24) is 14.7 Å². The lowest BCUT2D eigenvalue weighted by Crippen LogP contribution is -2.50. The minimum Gasteiger partial charge on any atom is -0.481 e. The quantitative estimate of drug-likeness (QED) is 0.705. The zero-order valence-electron chi connectivity index (χ0n) is 14.3. The standard InChI is InChI=1S/C15H31N3O3/c1-7-18(13(4)10-14(19)20)15(21)17(11-12(2)3)9-8-16(5)6/h12-13H,7-11H2,1-6H3,(H,19,20). The smallest absolute Gasteiger partial charge is 0.320 e. The first-order valence-corrected chi connectivity index (χ1v) is 7.61. The van der Waals surface area contributed by atoms with Crippen molar-refractivity contribution in [2.24, 2.45) is 5.92 Å². The van der Waals surface area contributed by atoms with E-state index in [0.29, 0.717) is 25.6 Å². The number of hydrogen-bond acceptors (Lipinski definition) is 3. The number of urea groups is 1. The maximum Gasteiger partial charge on any atom is 0.320 e. The molecule has 0 aliphatic carbocycles. The van der Waals surface area contributed by atoms with Gasteiger partial charge < -0.3 is 19.8 Å². The molecule has 0 bridgehead atoms. The first-order valence-electron chi connectivity index (χ1n) is 7.61. The second-order valence-corrected chi connectivity index (χ2v) is 6.16. The largest absolute Gasteiger partial charge is 0.481 e. The molecular weight excluding hydrogens is 270 g/mol. The molecule has 0 aromatic rings. The maximum atomic E-state index is 12.7. The van der Waals surface area contributed by atoms with Gasteiger partial charge in [0.25, 0.3) is 0 Å². The van der Waals surface area contributed by atoms with Gasteiger partial charge in [-0.3, -0.25) is 4.79 Å². The normalized spacial score (nSPS) is 12.6. The summed E-state index contributed by atoms with van der Waals surface area (Å²) in [4.78, 5) is 29.1. The van der Waals surface area contributed by atoms with Gasteiger partial charge >= 0.3 is 12.0 Å². The number of hydrogen-bond donors (Lipinski definition) is 1. The van der Waals surface area contributed by atoms with E-state index in [4.69, 9.17) is 5.11 Å². The molecule has 1 atom stereocenters. The van der Waals surface area contributed by atoms with Crippen LogP contribution in [0.15, 0.2) is 0 Å². The van der Waals surface area contributed by atoms with Crippen LogP contribution in [0.3, 0.4) is 0 Å². The van der Waals surface area contributed by atoms with E-state index in [2.05, 4.69) is 13.8 Å². The highest BCUT2D eigenvalue weighted by Gasteiger charge is 2.25. The van der Waals surface area contributed by atoms with Gasteiger partial charge in [0.1, 0.15) is 0 Å². The summed E-state index contributed by atoms with van der Waals surface area (Å²) in [5, 5.41) is 8.91. The average molecular weight is 301 g/mol. The van der Waals surface area contributed by atoms with E-state index in [-0.39, 0.29) is 18.5 Å². The van der Waals surface area contributed by atoms with E-state index in [0.717, 1.165) is 6.54 Å². The number of carbonyl (C=O) groups excluding carboxylic acids is 1. The topological polar surface area (TPSA) is 64.1 Å². The van der Waals surface area contributed by atoms with Crippen LogP contribution in [0.5, 0.6) is 0 Å². The van der Waals surface area contributed by atoms with E-state index in [1.54, 1.807) is 11.8 Å². The minimum absolute atomic E-state index is 0.0250. The van der Waals surface area contributed by atoms with Gasteiger partial charge in [-0.25, -0.2) is 4.79 Å². The van der Waals surface area contributed by atoms with Gasteiger partial charge in [0.15, 0.2) is 0 Å². The molecule has 0 saturated carbocycles. The molecule has 2 amide bonds. The number of carboxylic acid groups (broad SMARTS) is 1. The third kappa shape index (κ3) is 7.90. The second kappa shape index (κ2) is 9.60. The predicted octanol–water partition coefficient (Wildman–Crippen LogP) is 1.81. The lowest BCUT2D eigenvalue weighted by Gasteiger charge is -2.34. The molecule has 0 spiro atoms. The predicted molar refractivity (Wildman–Crippen MR) is 84.5 cm³/mol. The van der Waals surface area contributed by atoms with E-state index >= 15 is 0 Å². The molecule has 0 aliphatic heterocycles. The summed E-state index contributed by atoms with van der Waals surface area (Å²) >= 11 is 0. The first kappa shape index (κ1) is 19.7. The maximum absolute atomic E-state index is 12.7. The minimum atomic E-state index is -0.877.